The molecule has 0 aromatic rings. The van der Waals surface area contributed by atoms with E-state index < -0.39 is 7.60 Å². The highest BCUT2D eigenvalue weighted by atomic mass is 31.2. The minimum atomic E-state index is -3.34. The van der Waals surface area contributed by atoms with Crippen molar-refractivity contribution in [3.63, 3.8) is 0 Å². The third kappa shape index (κ3) is 7.97. The fraction of sp³-hybridized carbons (Fsp3) is 1.00. The summed E-state index contributed by atoms with van der Waals surface area (Å²) in [5.74, 6) is 0.650. The van der Waals surface area contributed by atoms with Crippen molar-refractivity contribution >= 4 is 7.60 Å². The molecule has 0 aromatic carbocycles. The van der Waals surface area contributed by atoms with E-state index >= 15 is 0 Å². The van der Waals surface area contributed by atoms with Gasteiger partial charge in [-0.25, -0.2) is 0 Å². The van der Waals surface area contributed by atoms with E-state index in [-0.39, 0.29) is 0 Å². The van der Waals surface area contributed by atoms with E-state index in [0.29, 0.717) is 17.1 Å². The van der Waals surface area contributed by atoms with Crippen molar-refractivity contribution in [3.8, 4) is 0 Å². The van der Waals surface area contributed by atoms with Crippen LogP contribution in [0.25, 0.3) is 0 Å². The second kappa shape index (κ2) is 6.00. The molecule has 0 aliphatic rings. The molecule has 92 valence electrons. The van der Waals surface area contributed by atoms with Crippen LogP contribution in [0.5, 0.6) is 0 Å². The highest BCUT2D eigenvalue weighted by Crippen LogP contribution is 2.37. The van der Waals surface area contributed by atoms with E-state index in [4.69, 9.17) is 9.42 Å². The molecule has 0 bridgehead atoms. The Morgan fingerprint density at radius 3 is 2.33 bits per heavy atom. The summed E-state index contributed by atoms with van der Waals surface area (Å²) in [6.45, 7) is 9.86. The molecule has 2 unspecified atom stereocenters. The van der Waals surface area contributed by atoms with E-state index in [1.54, 1.807) is 0 Å². The summed E-state index contributed by atoms with van der Waals surface area (Å²) in [6, 6.07) is 0. The van der Waals surface area contributed by atoms with Crippen LogP contribution >= 0.6 is 7.60 Å². The monoisotopic (exact) mass is 238 g/mol. The Morgan fingerprint density at radius 1 is 1.47 bits per heavy atom. The zero-order valence-corrected chi connectivity index (χ0v) is 11.5. The third-order valence-corrected chi connectivity index (χ3v) is 3.21. The van der Waals surface area contributed by atoms with E-state index in [1.807, 2.05) is 0 Å². The molecule has 0 aliphatic heterocycles. The third-order valence-electron chi connectivity index (χ3n) is 2.62. The van der Waals surface area contributed by atoms with Gasteiger partial charge >= 0.3 is 7.60 Å². The van der Waals surface area contributed by atoms with Gasteiger partial charge in [-0.3, -0.25) is 9.09 Å². The summed E-state index contributed by atoms with van der Waals surface area (Å²) in [6.07, 6.45) is 1.10. The topological polar surface area (TPSA) is 46.5 Å². The van der Waals surface area contributed by atoms with E-state index in [9.17, 15) is 4.57 Å². The van der Waals surface area contributed by atoms with Crippen LogP contribution in [-0.4, -0.2) is 42.9 Å². The minimum Gasteiger partial charge on any atom is -0.324 e. The maximum Gasteiger partial charge on any atom is 0.329 e. The van der Waals surface area contributed by atoms with Gasteiger partial charge in [0.15, 0.2) is 6.73 Å². The molecule has 4 nitrogen and oxygen atoms in total. The second-order valence-corrected chi connectivity index (χ2v) is 6.77. The lowest BCUT2D eigenvalue weighted by molar-refractivity contribution is -0.923. The molecule has 0 saturated carbocycles. The van der Waals surface area contributed by atoms with Crippen LogP contribution in [0, 0.1) is 5.92 Å². The Bertz CT molecular complexity index is 227. The van der Waals surface area contributed by atoms with Crippen molar-refractivity contribution < 1.29 is 18.5 Å². The summed E-state index contributed by atoms with van der Waals surface area (Å²) >= 11 is 0. The fourth-order valence-corrected chi connectivity index (χ4v) is 1.62. The zero-order valence-electron chi connectivity index (χ0n) is 10.6. The van der Waals surface area contributed by atoms with E-state index in [0.717, 1.165) is 19.5 Å². The predicted molar refractivity (Wildman–Crippen MR) is 62.7 cm³/mol. The van der Waals surface area contributed by atoms with Crippen molar-refractivity contribution in [1.82, 2.24) is 0 Å². The highest BCUT2D eigenvalue weighted by Gasteiger charge is 2.23. The average Bonchev–Trinajstić information content (AvgIpc) is 2.10. The molecular weight excluding hydrogens is 213 g/mol. The summed E-state index contributed by atoms with van der Waals surface area (Å²) in [7, 11) is -1.28. The molecule has 1 N–H and O–H groups in total. The molecule has 0 saturated heterocycles. The lowest BCUT2D eigenvalue weighted by Crippen LogP contribution is -2.46. The van der Waals surface area contributed by atoms with Crippen molar-refractivity contribution in [2.75, 3.05) is 33.5 Å². The Labute approximate surface area is 93.4 Å². The molecular formula is C10H25NO3P+. The molecule has 0 amide bonds. The summed E-state index contributed by atoms with van der Waals surface area (Å²) < 4.78 is 16.7. The first kappa shape index (κ1) is 15.1. The number of quaternary nitrogens is 1. The van der Waals surface area contributed by atoms with Crippen LogP contribution in [0.1, 0.15) is 27.2 Å². The standard InChI is InChI=1S/C10H24NO3P/c1-6-11(4,8-7-10(2)3)9-14-15(5,12)13/h10H,6-9H2,1-5H3/p+1. The first-order chi connectivity index (χ1) is 6.68. The smallest absolute Gasteiger partial charge is 0.324 e. The van der Waals surface area contributed by atoms with Gasteiger partial charge in [-0.2, -0.15) is 0 Å². The molecule has 0 spiro atoms. The zero-order chi connectivity index (χ0) is 12.1. The van der Waals surface area contributed by atoms with Gasteiger partial charge < -0.3 is 9.38 Å². The van der Waals surface area contributed by atoms with Gasteiger partial charge in [0.2, 0.25) is 0 Å². The van der Waals surface area contributed by atoms with Crippen LogP contribution in [0.15, 0.2) is 0 Å². The van der Waals surface area contributed by atoms with E-state index in [2.05, 4.69) is 27.8 Å². The minimum absolute atomic E-state index is 0.313. The molecule has 0 fully saturated rings. The van der Waals surface area contributed by atoms with Crippen LogP contribution in [0.2, 0.25) is 0 Å². The van der Waals surface area contributed by atoms with Gasteiger partial charge in [0.05, 0.1) is 20.1 Å². The van der Waals surface area contributed by atoms with Crippen molar-refractivity contribution in [3.05, 3.63) is 0 Å². The summed E-state index contributed by atoms with van der Waals surface area (Å²) in [4.78, 5) is 9.08. The Balaban J connectivity index is 4.13. The molecule has 5 heteroatoms. The second-order valence-electron chi connectivity index (χ2n) is 4.90. The van der Waals surface area contributed by atoms with Gasteiger partial charge in [-0.1, -0.05) is 13.8 Å². The van der Waals surface area contributed by atoms with Crippen LogP contribution in [0.3, 0.4) is 0 Å². The lowest BCUT2D eigenvalue weighted by atomic mass is 10.1. The van der Waals surface area contributed by atoms with Gasteiger partial charge in [0.25, 0.3) is 0 Å². The van der Waals surface area contributed by atoms with Crippen molar-refractivity contribution in [1.29, 1.82) is 0 Å². The normalized spacial score (nSPS) is 19.9. The first-order valence-corrected chi connectivity index (χ1v) is 7.49. The van der Waals surface area contributed by atoms with Crippen molar-refractivity contribution in [2.24, 2.45) is 5.92 Å². The largest absolute Gasteiger partial charge is 0.329 e. The van der Waals surface area contributed by atoms with Crippen molar-refractivity contribution in [2.45, 2.75) is 27.2 Å². The maximum atomic E-state index is 11.0. The predicted octanol–water partition coefficient (Wildman–Crippen LogP) is 2.29. The molecule has 0 aromatic heterocycles. The molecule has 0 radical (unpaired) electrons. The summed E-state index contributed by atoms with van der Waals surface area (Å²) in [5, 5.41) is 0. The molecule has 0 rings (SSSR count). The maximum absolute atomic E-state index is 11.0. The van der Waals surface area contributed by atoms with Crippen LogP contribution in [-0.2, 0) is 9.09 Å². The fourth-order valence-electron chi connectivity index (χ4n) is 1.13. The van der Waals surface area contributed by atoms with Crippen LogP contribution in [0.4, 0.5) is 0 Å². The number of hydrogen-bond donors (Lipinski definition) is 1. The molecule has 15 heavy (non-hydrogen) atoms. The molecule has 0 aliphatic carbocycles. The quantitative estimate of drug-likeness (QED) is 0.420. The molecule has 2 atom stereocenters. The Morgan fingerprint density at radius 2 is 2.00 bits per heavy atom. The van der Waals surface area contributed by atoms with E-state index in [1.165, 1.54) is 6.66 Å². The van der Waals surface area contributed by atoms with Gasteiger partial charge in [-0.15, -0.1) is 0 Å². The number of nitrogens with zero attached hydrogens (tertiary/aromatic N) is 1. The highest BCUT2D eigenvalue weighted by molar-refractivity contribution is 7.51. The Kier molecular flexibility index (Phi) is 6.04. The van der Waals surface area contributed by atoms with Gasteiger partial charge in [-0.05, 0) is 19.3 Å². The SMILES string of the molecule is CC[N+](C)(CCC(C)C)COP(C)(=O)O. The number of hydrogen-bond acceptors (Lipinski definition) is 2. The number of rotatable bonds is 7. The average molecular weight is 238 g/mol. The Hall–Kier alpha value is 0.110. The summed E-state index contributed by atoms with van der Waals surface area (Å²) in [5.41, 5.74) is 0. The van der Waals surface area contributed by atoms with Crippen LogP contribution < -0.4 is 0 Å². The lowest BCUT2D eigenvalue weighted by Gasteiger charge is -2.33. The first-order valence-electron chi connectivity index (χ1n) is 5.47. The van der Waals surface area contributed by atoms with Gasteiger partial charge in [0.1, 0.15) is 0 Å². The molecule has 0 heterocycles. The van der Waals surface area contributed by atoms with Gasteiger partial charge in [0, 0.05) is 6.66 Å².